The first-order chi connectivity index (χ1) is 44.9. The summed E-state index contributed by atoms with van der Waals surface area (Å²) in [6.07, 6.45) is 0. The van der Waals surface area contributed by atoms with Crippen LogP contribution < -0.4 is 30.7 Å². The molecule has 8 aromatic rings. The number of aromatic carboxylic acids is 1. The number of phenolic OH excluding ortho intramolecular Hbond substituents is 1. The molecular formula is C72H77BrN6O13S2. The third-order valence-electron chi connectivity index (χ3n) is 15.2. The third kappa shape index (κ3) is 18.7. The van der Waals surface area contributed by atoms with Gasteiger partial charge in [0, 0.05) is 71.9 Å². The van der Waals surface area contributed by atoms with Crippen LogP contribution >= 0.6 is 38.6 Å². The highest BCUT2D eigenvalue weighted by Crippen LogP contribution is 2.34. The molecular weight excluding hydrogens is 1300 g/mol. The molecule has 0 unspecified atom stereocenters. The van der Waals surface area contributed by atoms with E-state index in [1.807, 2.05) is 138 Å². The maximum absolute atomic E-state index is 13.4. The number of carbonyl (C=O) groups excluding carboxylic acids is 5. The van der Waals surface area contributed by atoms with E-state index in [-0.39, 0.29) is 34.4 Å². The smallest absolute Gasteiger partial charge is 0.340 e. The van der Waals surface area contributed by atoms with E-state index in [1.54, 1.807) is 59.9 Å². The Morgan fingerprint density at radius 2 is 0.809 bits per heavy atom. The molecule has 11 rings (SSSR count). The van der Waals surface area contributed by atoms with Crippen molar-refractivity contribution in [3.05, 3.63) is 192 Å². The minimum Gasteiger partial charge on any atom is -0.507 e. The lowest BCUT2D eigenvalue weighted by Crippen LogP contribution is -2.36. The molecule has 3 aliphatic rings. The number of halogens is 1. The first kappa shape index (κ1) is 69.4. The standard InChI is InChI=1S/C27H30N2O4S.C23H27BrN2O4.C22H20N2O5S/c1-18-5-7-21(29-10-12-32-13-11-29)16-23(18)25(30)28-24-15-19(20-9-14-34-17-20)6-8-22(24)26(31)33-27(2,3)4;1-15-5-7-17(26-9-11-29-12-10-26)14-19(15)21(27)25-20-13-16(24)6-8-18(20)22(28)30-23(2,3)4;25-20-4-2-16(24-6-8-29-9-7-24)12-18(20)21(26)23-19-11-14(15-5-10-30-13-15)1-3-17(19)22(27)28/h5-9,14-17H,10-13H2,1-4H3,(H,28,30);5-8,13-14H,9-12H2,1-4H3,(H,25,27);1-5,10-13,25H,6-9H2,(H,23,26)(H,27,28). The lowest BCUT2D eigenvalue weighted by molar-refractivity contribution is 0.00580. The number of carbonyl (C=O) groups is 6. The number of aromatic hydroxyl groups is 1. The number of rotatable bonds is 14. The van der Waals surface area contributed by atoms with E-state index in [1.165, 1.54) is 23.5 Å². The fourth-order valence-electron chi connectivity index (χ4n) is 10.4. The van der Waals surface area contributed by atoms with Crippen LogP contribution in [0.5, 0.6) is 5.75 Å². The molecule has 0 saturated carbocycles. The Bertz CT molecular complexity index is 4020. The maximum Gasteiger partial charge on any atom is 0.340 e. The highest BCUT2D eigenvalue weighted by molar-refractivity contribution is 9.10. The Kier molecular flexibility index (Phi) is 23.2. The van der Waals surface area contributed by atoms with Crippen LogP contribution in [0.4, 0.5) is 34.1 Å². The van der Waals surface area contributed by atoms with Gasteiger partial charge in [0.25, 0.3) is 17.7 Å². The number of nitrogens with one attached hydrogen (secondary N) is 3. The van der Waals surface area contributed by atoms with Crippen LogP contribution in [0.25, 0.3) is 22.3 Å². The molecule has 19 nitrogen and oxygen atoms in total. The summed E-state index contributed by atoms with van der Waals surface area (Å²) in [5.41, 5.74) is 9.72. The zero-order valence-corrected chi connectivity index (χ0v) is 57.0. The first-order valence-electron chi connectivity index (χ1n) is 30.7. The molecule has 0 radical (unpaired) electrons. The molecule has 3 saturated heterocycles. The second-order valence-electron chi connectivity index (χ2n) is 24.4. The number of nitrogens with zero attached hydrogens (tertiary/aromatic N) is 3. The molecule has 0 atom stereocenters. The number of carboxylic acid groups (broad SMARTS) is 1. The quantitative estimate of drug-likeness (QED) is 0.0637. The second kappa shape index (κ2) is 31.4. The van der Waals surface area contributed by atoms with Gasteiger partial charge in [-0.1, -0.05) is 40.2 Å². The number of morpholine rings is 3. The van der Waals surface area contributed by atoms with Crippen molar-refractivity contribution in [2.24, 2.45) is 0 Å². The Labute approximate surface area is 563 Å². The van der Waals surface area contributed by atoms with Crippen LogP contribution in [0.3, 0.4) is 0 Å². The number of amides is 3. The van der Waals surface area contributed by atoms with Gasteiger partial charge in [-0.2, -0.15) is 22.7 Å². The average Bonchev–Trinajstić information content (AvgIpc) is 0.912. The average molecular weight is 1380 g/mol. The molecule has 94 heavy (non-hydrogen) atoms. The highest BCUT2D eigenvalue weighted by Gasteiger charge is 2.27. The SMILES string of the molecule is Cc1ccc(N2CCOCC2)cc1C(=O)Nc1cc(-c2ccsc2)ccc1C(=O)OC(C)(C)C.Cc1ccc(N2CCOCC2)cc1C(=O)Nc1cc(Br)ccc1C(=O)OC(C)(C)C.O=C(Nc1cc(-c2ccsc2)ccc1C(=O)O)c1cc(N2CCOCC2)ccc1O. The molecule has 3 aliphatic heterocycles. The second-order valence-corrected chi connectivity index (χ2v) is 26.9. The summed E-state index contributed by atoms with van der Waals surface area (Å²) in [5.74, 6) is -3.38. The molecule has 492 valence electrons. The molecule has 3 amide bonds. The van der Waals surface area contributed by atoms with E-state index >= 15 is 0 Å². The fourth-order valence-corrected chi connectivity index (χ4v) is 12.1. The largest absolute Gasteiger partial charge is 0.507 e. The summed E-state index contributed by atoms with van der Waals surface area (Å²) < 4.78 is 28.1. The number of hydrogen-bond donors (Lipinski definition) is 5. The van der Waals surface area contributed by atoms with Gasteiger partial charge in [-0.05, 0) is 207 Å². The van der Waals surface area contributed by atoms with Crippen LogP contribution in [0, 0.1) is 13.8 Å². The summed E-state index contributed by atoms with van der Waals surface area (Å²) >= 11 is 6.53. The molecule has 5 heterocycles. The molecule has 6 aromatic carbocycles. The van der Waals surface area contributed by atoms with Crippen LogP contribution in [-0.4, -0.2) is 136 Å². The van der Waals surface area contributed by atoms with Crippen molar-refractivity contribution in [1.29, 1.82) is 0 Å². The third-order valence-corrected chi connectivity index (χ3v) is 17.1. The Morgan fingerprint density at radius 1 is 0.447 bits per heavy atom. The van der Waals surface area contributed by atoms with Gasteiger partial charge in [0.05, 0.1) is 79.0 Å². The van der Waals surface area contributed by atoms with E-state index < -0.39 is 35.0 Å². The lowest BCUT2D eigenvalue weighted by Gasteiger charge is -2.29. The predicted molar refractivity (Wildman–Crippen MR) is 374 cm³/mol. The fraction of sp³-hybridized carbons (Fsp3) is 0.306. The zero-order chi connectivity index (χ0) is 67.3. The molecule has 0 aliphatic carbocycles. The van der Waals surface area contributed by atoms with Gasteiger partial charge in [-0.15, -0.1) is 0 Å². The molecule has 2 aromatic heterocycles. The minimum atomic E-state index is -1.14. The lowest BCUT2D eigenvalue weighted by atomic mass is 10.0. The number of phenols is 1. The van der Waals surface area contributed by atoms with Crippen molar-refractivity contribution < 1.29 is 62.7 Å². The van der Waals surface area contributed by atoms with Crippen molar-refractivity contribution >= 4 is 108 Å². The number of ether oxygens (including phenoxy) is 5. The van der Waals surface area contributed by atoms with Gasteiger partial charge in [0.15, 0.2) is 0 Å². The van der Waals surface area contributed by atoms with Crippen LogP contribution in [-0.2, 0) is 23.7 Å². The highest BCUT2D eigenvalue weighted by atomic mass is 79.9. The van der Waals surface area contributed by atoms with E-state index in [2.05, 4.69) is 46.6 Å². The molecule has 5 N–H and O–H groups in total. The Morgan fingerprint density at radius 3 is 1.20 bits per heavy atom. The summed E-state index contributed by atoms with van der Waals surface area (Å²) in [6.45, 7) is 23.1. The topological polar surface area (TPSA) is 235 Å². The Balaban J connectivity index is 0.000000166. The van der Waals surface area contributed by atoms with Gasteiger partial charge in [-0.3, -0.25) is 14.4 Å². The van der Waals surface area contributed by atoms with Crippen LogP contribution in [0.1, 0.15) is 115 Å². The number of benzene rings is 6. The van der Waals surface area contributed by atoms with Gasteiger partial charge in [0.2, 0.25) is 0 Å². The van der Waals surface area contributed by atoms with E-state index in [4.69, 9.17) is 23.7 Å². The van der Waals surface area contributed by atoms with Gasteiger partial charge in [-0.25, -0.2) is 14.4 Å². The van der Waals surface area contributed by atoms with Crippen molar-refractivity contribution in [2.45, 2.75) is 66.6 Å². The maximum atomic E-state index is 13.4. The van der Waals surface area contributed by atoms with Gasteiger partial charge < -0.3 is 64.5 Å². The number of hydrogen-bond acceptors (Lipinski definition) is 17. The van der Waals surface area contributed by atoms with E-state index in [0.29, 0.717) is 86.4 Å². The van der Waals surface area contributed by atoms with E-state index in [0.717, 1.165) is 81.1 Å². The van der Waals surface area contributed by atoms with Crippen molar-refractivity contribution in [3.63, 3.8) is 0 Å². The summed E-state index contributed by atoms with van der Waals surface area (Å²) in [4.78, 5) is 83.2. The summed E-state index contributed by atoms with van der Waals surface area (Å²) in [7, 11) is 0. The van der Waals surface area contributed by atoms with Crippen LogP contribution in [0.15, 0.2) is 147 Å². The van der Waals surface area contributed by atoms with Crippen molar-refractivity contribution in [2.75, 3.05) is 110 Å². The summed E-state index contributed by atoms with van der Waals surface area (Å²) in [5, 5.41) is 36.2. The minimum absolute atomic E-state index is 0.0221. The molecule has 3 fully saturated rings. The number of carboxylic acids is 1. The first-order valence-corrected chi connectivity index (χ1v) is 33.3. The van der Waals surface area contributed by atoms with Gasteiger partial charge in [0.1, 0.15) is 17.0 Å². The van der Waals surface area contributed by atoms with Gasteiger partial charge >= 0.3 is 17.9 Å². The monoisotopic (exact) mass is 1380 g/mol. The van der Waals surface area contributed by atoms with Crippen molar-refractivity contribution in [3.8, 4) is 28.0 Å². The predicted octanol–water partition coefficient (Wildman–Crippen LogP) is 14.5. The van der Waals surface area contributed by atoms with Crippen LogP contribution in [0.2, 0.25) is 0 Å². The molecule has 22 heteroatoms. The molecule has 0 spiro atoms. The number of aryl methyl sites for hydroxylation is 2. The number of anilines is 6. The zero-order valence-electron chi connectivity index (χ0n) is 53.8. The Hall–Kier alpha value is -8.90. The number of esters is 2. The molecule has 0 bridgehead atoms. The normalized spacial score (nSPS) is 14.1. The van der Waals surface area contributed by atoms with E-state index in [9.17, 15) is 39.0 Å². The number of thiophene rings is 2. The van der Waals surface area contributed by atoms with Crippen molar-refractivity contribution in [1.82, 2.24) is 0 Å². The summed E-state index contributed by atoms with van der Waals surface area (Å²) in [6, 6.07) is 35.8.